The van der Waals surface area contributed by atoms with Gasteiger partial charge < -0.3 is 5.73 Å². The summed E-state index contributed by atoms with van der Waals surface area (Å²) in [6.07, 6.45) is 0. The molecule has 2 aromatic rings. The molecule has 6 heteroatoms. The number of hydrogen-bond acceptors (Lipinski definition) is 4. The molecule has 0 saturated heterocycles. The topological polar surface area (TPSA) is 89.1 Å². The smallest absolute Gasteiger partial charge is 0.186 e. The van der Waals surface area contributed by atoms with Crippen LogP contribution in [-0.4, -0.2) is 20.0 Å². The van der Waals surface area contributed by atoms with Gasteiger partial charge >= 0.3 is 0 Å². The molecule has 2 rings (SSSR count). The van der Waals surface area contributed by atoms with E-state index in [1.807, 2.05) is 0 Å². The Morgan fingerprint density at radius 1 is 1.55 bits per heavy atom. The largest absolute Gasteiger partial charge is 0.383 e. The van der Waals surface area contributed by atoms with Crippen LogP contribution in [-0.2, 0) is 0 Å². The number of nitrogens with zero attached hydrogens (tertiary/aromatic N) is 3. The van der Waals surface area contributed by atoms with Crippen LogP contribution in [0.5, 0.6) is 0 Å². The van der Waals surface area contributed by atoms with Gasteiger partial charge in [0, 0.05) is 12.1 Å². The lowest BCUT2D eigenvalue weighted by molar-refractivity contribution is 0.829. The highest BCUT2D eigenvalue weighted by atomic mass is 16.1. The Balaban J connectivity index is 3.02. The van der Waals surface area contributed by atoms with Crippen LogP contribution in [0.4, 0.5) is 5.82 Å². The number of nitrogens with two attached hydrogens (primary N) is 1. The normalized spacial score (nSPS) is 10.5. The molecule has 0 amide bonds. The Labute approximate surface area is 60.6 Å². The van der Waals surface area contributed by atoms with Crippen molar-refractivity contribution in [2.75, 3.05) is 5.73 Å². The number of pyridine rings is 1. The maximum absolute atomic E-state index is 10.8. The van der Waals surface area contributed by atoms with E-state index in [1.54, 1.807) is 0 Å². The third-order valence-corrected chi connectivity index (χ3v) is 1.35. The average Bonchev–Trinajstić information content (AvgIpc) is 2.34. The molecule has 0 bridgehead atoms. The molecule has 0 radical (unpaired) electrons. The molecule has 0 unspecified atom stereocenters. The van der Waals surface area contributed by atoms with Crippen molar-refractivity contribution in [2.45, 2.75) is 0 Å². The van der Waals surface area contributed by atoms with Gasteiger partial charge in [-0.05, 0) is 0 Å². The summed E-state index contributed by atoms with van der Waals surface area (Å²) in [5.41, 5.74) is 5.71. The number of rotatable bonds is 0. The molecule has 0 spiro atoms. The summed E-state index contributed by atoms with van der Waals surface area (Å²) in [5.74, 6) is 0.303. The zero-order valence-corrected chi connectivity index (χ0v) is 5.48. The molecular weight excluding hydrogens is 146 g/mol. The standard InChI is InChI=1S/C5H5N5O/c6-4-1-3(11)2-5-7-8-9-10(4)5/h1-2H,6H2,(H,7,9). The number of aromatic nitrogens is 4. The average molecular weight is 151 g/mol. The lowest BCUT2D eigenvalue weighted by Crippen LogP contribution is -2.06. The van der Waals surface area contributed by atoms with Crippen LogP contribution in [0.15, 0.2) is 16.9 Å². The first-order chi connectivity index (χ1) is 5.27. The fraction of sp³-hybridized carbons (Fsp3) is 0. The van der Waals surface area contributed by atoms with E-state index in [4.69, 9.17) is 5.73 Å². The molecule has 0 aliphatic heterocycles. The molecule has 6 nitrogen and oxygen atoms in total. The number of H-pyrrole nitrogens is 1. The van der Waals surface area contributed by atoms with Crippen LogP contribution < -0.4 is 11.2 Å². The number of hydrogen-bond donors (Lipinski definition) is 2. The van der Waals surface area contributed by atoms with Crippen LogP contribution in [0.3, 0.4) is 0 Å². The van der Waals surface area contributed by atoms with Crippen molar-refractivity contribution in [3.8, 4) is 0 Å². The maximum atomic E-state index is 10.8. The Bertz CT molecular complexity index is 441. The lowest BCUT2D eigenvalue weighted by Gasteiger charge is -1.93. The highest BCUT2D eigenvalue weighted by Crippen LogP contribution is 1.97. The molecule has 3 N–H and O–H groups in total. The van der Waals surface area contributed by atoms with Gasteiger partial charge in [0.05, 0.1) is 0 Å². The molecule has 0 atom stereocenters. The van der Waals surface area contributed by atoms with Crippen molar-refractivity contribution in [1.82, 2.24) is 20.0 Å². The van der Waals surface area contributed by atoms with E-state index < -0.39 is 0 Å². The molecule has 2 heterocycles. The molecule has 0 saturated carbocycles. The van der Waals surface area contributed by atoms with E-state index >= 15 is 0 Å². The summed E-state index contributed by atoms with van der Waals surface area (Å²) in [4.78, 5) is 10.8. The fourth-order valence-electron chi connectivity index (χ4n) is 0.877. The van der Waals surface area contributed by atoms with Gasteiger partial charge in [0.2, 0.25) is 0 Å². The van der Waals surface area contributed by atoms with Crippen molar-refractivity contribution in [1.29, 1.82) is 0 Å². The molecule has 56 valence electrons. The highest BCUT2D eigenvalue weighted by Gasteiger charge is 1.98. The molecule has 0 aliphatic rings. The number of aromatic amines is 1. The first-order valence-electron chi connectivity index (χ1n) is 2.97. The Morgan fingerprint density at radius 3 is 3.18 bits per heavy atom. The lowest BCUT2D eigenvalue weighted by atomic mass is 10.4. The summed E-state index contributed by atoms with van der Waals surface area (Å²) < 4.78 is 1.42. The van der Waals surface area contributed by atoms with Gasteiger partial charge in [0.15, 0.2) is 11.1 Å². The van der Waals surface area contributed by atoms with E-state index in [2.05, 4.69) is 15.5 Å². The maximum Gasteiger partial charge on any atom is 0.186 e. The zero-order chi connectivity index (χ0) is 7.84. The second kappa shape index (κ2) is 1.82. The van der Waals surface area contributed by atoms with Crippen LogP contribution in [0.25, 0.3) is 5.65 Å². The van der Waals surface area contributed by atoms with Crippen molar-refractivity contribution in [2.24, 2.45) is 0 Å². The first kappa shape index (κ1) is 5.90. The molecule has 2 aromatic heterocycles. The number of tetrazole rings is 1. The van der Waals surface area contributed by atoms with E-state index in [-0.39, 0.29) is 5.43 Å². The summed E-state index contributed by atoms with van der Waals surface area (Å²) in [6, 6.07) is 2.65. The minimum atomic E-state index is -0.170. The predicted octanol–water partition coefficient (Wildman–Crippen LogP) is -1.00. The molecule has 0 aromatic carbocycles. The summed E-state index contributed by atoms with van der Waals surface area (Å²) >= 11 is 0. The predicted molar refractivity (Wildman–Crippen MR) is 38.0 cm³/mol. The van der Waals surface area contributed by atoms with Gasteiger partial charge in [0.25, 0.3) is 0 Å². The van der Waals surface area contributed by atoms with Crippen LogP contribution in [0.2, 0.25) is 0 Å². The van der Waals surface area contributed by atoms with E-state index in [0.717, 1.165) is 0 Å². The first-order valence-corrected chi connectivity index (χ1v) is 2.97. The van der Waals surface area contributed by atoms with Gasteiger partial charge in [-0.15, -0.1) is 5.10 Å². The number of nitrogen functional groups attached to an aromatic ring is 1. The Kier molecular flexibility index (Phi) is 0.974. The summed E-state index contributed by atoms with van der Waals surface area (Å²) in [6.45, 7) is 0. The Morgan fingerprint density at radius 2 is 2.36 bits per heavy atom. The van der Waals surface area contributed by atoms with Gasteiger partial charge in [0.1, 0.15) is 5.82 Å². The van der Waals surface area contributed by atoms with E-state index in [0.29, 0.717) is 11.5 Å². The number of nitrogens with one attached hydrogen (secondary N) is 1. The molecule has 0 aliphatic carbocycles. The van der Waals surface area contributed by atoms with Crippen molar-refractivity contribution < 1.29 is 0 Å². The second-order valence-electron chi connectivity index (χ2n) is 2.11. The molecule has 11 heavy (non-hydrogen) atoms. The zero-order valence-electron chi connectivity index (χ0n) is 5.48. The number of anilines is 1. The van der Waals surface area contributed by atoms with E-state index in [1.165, 1.54) is 16.6 Å². The van der Waals surface area contributed by atoms with Crippen molar-refractivity contribution >= 4 is 11.5 Å². The monoisotopic (exact) mass is 151 g/mol. The highest BCUT2D eigenvalue weighted by molar-refractivity contribution is 5.44. The van der Waals surface area contributed by atoms with Gasteiger partial charge in [-0.1, -0.05) is 5.21 Å². The number of fused-ring (bicyclic) bond motifs is 1. The SMILES string of the molecule is Nc1cc(=O)cc2nn[nH]n12. The van der Waals surface area contributed by atoms with Gasteiger partial charge in [-0.3, -0.25) is 4.79 Å². The van der Waals surface area contributed by atoms with Gasteiger partial charge in [-0.25, -0.2) is 4.52 Å². The molecule has 0 fully saturated rings. The minimum Gasteiger partial charge on any atom is -0.383 e. The van der Waals surface area contributed by atoms with Gasteiger partial charge in [-0.2, -0.15) is 5.21 Å². The van der Waals surface area contributed by atoms with Crippen molar-refractivity contribution in [3.05, 3.63) is 22.4 Å². The van der Waals surface area contributed by atoms with E-state index in [9.17, 15) is 4.79 Å². The second-order valence-corrected chi connectivity index (χ2v) is 2.11. The quantitative estimate of drug-likeness (QED) is 0.505. The third-order valence-electron chi connectivity index (χ3n) is 1.35. The summed E-state index contributed by atoms with van der Waals surface area (Å²) in [7, 11) is 0. The van der Waals surface area contributed by atoms with Crippen molar-refractivity contribution in [3.63, 3.8) is 0 Å². The third kappa shape index (κ3) is 0.759. The molecular formula is C5H5N5O. The fourth-order valence-corrected chi connectivity index (χ4v) is 0.877. The Hall–Kier alpha value is -1.85. The van der Waals surface area contributed by atoms with Crippen LogP contribution >= 0.6 is 0 Å². The van der Waals surface area contributed by atoms with Crippen LogP contribution in [0.1, 0.15) is 0 Å². The summed E-state index contributed by atoms with van der Waals surface area (Å²) in [5, 5.41) is 9.60. The van der Waals surface area contributed by atoms with Crippen LogP contribution in [0, 0.1) is 0 Å². The minimum absolute atomic E-state index is 0.170.